The first-order chi connectivity index (χ1) is 16.1. The molecule has 4 rings (SSSR count). The first-order valence-electron chi connectivity index (χ1n) is 10.8. The van der Waals surface area contributed by atoms with Crippen molar-refractivity contribution in [3.05, 3.63) is 95.6 Å². The minimum absolute atomic E-state index is 0.0272. The predicted octanol–water partition coefficient (Wildman–Crippen LogP) is 5.11. The first-order valence-corrected chi connectivity index (χ1v) is 10.8. The van der Waals surface area contributed by atoms with Crippen molar-refractivity contribution in [3.8, 4) is 11.5 Å². The summed E-state index contributed by atoms with van der Waals surface area (Å²) in [5, 5.41) is 11.2. The van der Waals surface area contributed by atoms with Crippen molar-refractivity contribution in [2.75, 3.05) is 18.6 Å². The van der Waals surface area contributed by atoms with Gasteiger partial charge in [-0.1, -0.05) is 49.4 Å². The highest BCUT2D eigenvalue weighted by molar-refractivity contribution is 6.51. The highest BCUT2D eigenvalue weighted by atomic mass is 16.5. The SMILES string of the molecule is CCCOc1ccc(/C(O)=C2\C(=O)C(=O)N(c3ccccc3OC)C2c2ccccc2)cc1. The maximum absolute atomic E-state index is 13.2. The third-order valence-electron chi connectivity index (χ3n) is 5.51. The number of para-hydroxylation sites is 2. The Bertz CT molecular complexity index is 1180. The van der Waals surface area contributed by atoms with E-state index in [-0.39, 0.29) is 11.3 Å². The van der Waals surface area contributed by atoms with Gasteiger partial charge in [0.05, 0.1) is 31.0 Å². The molecule has 3 aromatic carbocycles. The minimum Gasteiger partial charge on any atom is -0.507 e. The second kappa shape index (κ2) is 9.61. The van der Waals surface area contributed by atoms with Crippen molar-refractivity contribution in [2.45, 2.75) is 19.4 Å². The molecule has 1 saturated heterocycles. The number of methoxy groups -OCH3 is 1. The van der Waals surface area contributed by atoms with Crippen molar-refractivity contribution >= 4 is 23.1 Å². The Morgan fingerprint density at radius 3 is 2.27 bits per heavy atom. The Labute approximate surface area is 192 Å². The van der Waals surface area contributed by atoms with Gasteiger partial charge in [0.1, 0.15) is 17.3 Å². The predicted molar refractivity (Wildman–Crippen MR) is 126 cm³/mol. The number of rotatable bonds is 7. The zero-order valence-electron chi connectivity index (χ0n) is 18.5. The Morgan fingerprint density at radius 2 is 1.61 bits per heavy atom. The number of aliphatic hydroxyl groups is 1. The van der Waals surface area contributed by atoms with Gasteiger partial charge in [0.25, 0.3) is 11.7 Å². The zero-order valence-corrected chi connectivity index (χ0v) is 18.5. The van der Waals surface area contributed by atoms with Gasteiger partial charge >= 0.3 is 0 Å². The molecule has 1 atom stereocenters. The van der Waals surface area contributed by atoms with Crippen LogP contribution in [0.15, 0.2) is 84.4 Å². The Kier molecular flexibility index (Phi) is 6.45. The molecule has 0 aliphatic carbocycles. The van der Waals surface area contributed by atoms with Gasteiger partial charge in [0.15, 0.2) is 0 Å². The number of hydrogen-bond acceptors (Lipinski definition) is 5. The van der Waals surface area contributed by atoms with E-state index in [9.17, 15) is 14.7 Å². The lowest BCUT2D eigenvalue weighted by atomic mass is 9.95. The molecule has 1 unspecified atom stereocenters. The molecule has 168 valence electrons. The number of ketones is 1. The van der Waals surface area contributed by atoms with Gasteiger partial charge in [0, 0.05) is 5.56 Å². The summed E-state index contributed by atoms with van der Waals surface area (Å²) in [6.45, 7) is 2.61. The van der Waals surface area contributed by atoms with E-state index in [1.165, 1.54) is 12.0 Å². The van der Waals surface area contributed by atoms with Crippen LogP contribution in [0.2, 0.25) is 0 Å². The van der Waals surface area contributed by atoms with E-state index >= 15 is 0 Å². The van der Waals surface area contributed by atoms with Crippen molar-refractivity contribution in [1.82, 2.24) is 0 Å². The number of aliphatic hydroxyl groups excluding tert-OH is 1. The van der Waals surface area contributed by atoms with Crippen LogP contribution < -0.4 is 14.4 Å². The molecular formula is C27H25NO5. The fourth-order valence-corrected chi connectivity index (χ4v) is 3.94. The van der Waals surface area contributed by atoms with Gasteiger partial charge in [-0.25, -0.2) is 0 Å². The lowest BCUT2D eigenvalue weighted by Crippen LogP contribution is -2.29. The van der Waals surface area contributed by atoms with E-state index < -0.39 is 17.7 Å². The Morgan fingerprint density at radius 1 is 0.939 bits per heavy atom. The fourth-order valence-electron chi connectivity index (χ4n) is 3.94. The molecule has 0 radical (unpaired) electrons. The number of amides is 1. The smallest absolute Gasteiger partial charge is 0.300 e. The van der Waals surface area contributed by atoms with Crippen LogP contribution in [0.4, 0.5) is 5.69 Å². The topological polar surface area (TPSA) is 76.1 Å². The summed E-state index contributed by atoms with van der Waals surface area (Å²) < 4.78 is 11.1. The number of anilines is 1. The molecule has 6 heteroatoms. The summed E-state index contributed by atoms with van der Waals surface area (Å²) in [5.41, 5.74) is 1.61. The molecule has 33 heavy (non-hydrogen) atoms. The van der Waals surface area contributed by atoms with E-state index in [0.29, 0.717) is 34.9 Å². The number of carbonyl (C=O) groups is 2. The number of nitrogens with zero attached hydrogens (tertiary/aromatic N) is 1. The first kappa shape index (κ1) is 22.1. The van der Waals surface area contributed by atoms with Gasteiger partial charge in [-0.2, -0.15) is 0 Å². The van der Waals surface area contributed by atoms with Gasteiger partial charge in [0.2, 0.25) is 0 Å². The molecule has 1 fully saturated rings. The zero-order chi connectivity index (χ0) is 23.4. The van der Waals surface area contributed by atoms with Crippen LogP contribution in [0.5, 0.6) is 11.5 Å². The van der Waals surface area contributed by atoms with Crippen LogP contribution >= 0.6 is 0 Å². The van der Waals surface area contributed by atoms with Crippen LogP contribution in [0.25, 0.3) is 5.76 Å². The molecule has 0 aromatic heterocycles. The average molecular weight is 443 g/mol. The molecule has 0 saturated carbocycles. The maximum Gasteiger partial charge on any atom is 0.300 e. The van der Waals surface area contributed by atoms with Crippen LogP contribution in [-0.2, 0) is 9.59 Å². The molecule has 6 nitrogen and oxygen atoms in total. The van der Waals surface area contributed by atoms with E-state index in [1.807, 2.05) is 37.3 Å². The molecule has 1 amide bonds. The van der Waals surface area contributed by atoms with Crippen molar-refractivity contribution in [2.24, 2.45) is 0 Å². The van der Waals surface area contributed by atoms with Crippen LogP contribution in [-0.4, -0.2) is 30.5 Å². The van der Waals surface area contributed by atoms with Crippen molar-refractivity contribution < 1.29 is 24.2 Å². The number of hydrogen-bond donors (Lipinski definition) is 1. The van der Waals surface area contributed by atoms with Crippen LogP contribution in [0, 0.1) is 0 Å². The highest BCUT2D eigenvalue weighted by Crippen LogP contribution is 2.44. The molecular weight excluding hydrogens is 418 g/mol. The second-order valence-corrected chi connectivity index (χ2v) is 7.62. The summed E-state index contributed by atoms with van der Waals surface area (Å²) in [4.78, 5) is 27.8. The summed E-state index contributed by atoms with van der Waals surface area (Å²) in [5.74, 6) is -0.585. The number of Topliss-reactive ketones (excluding diaryl/α,β-unsaturated/α-hetero) is 1. The van der Waals surface area contributed by atoms with E-state index in [0.717, 1.165) is 6.42 Å². The summed E-state index contributed by atoms with van der Waals surface area (Å²) in [6, 6.07) is 22.2. The third-order valence-corrected chi connectivity index (χ3v) is 5.51. The van der Waals surface area contributed by atoms with Crippen LogP contribution in [0.3, 0.4) is 0 Å². The van der Waals surface area contributed by atoms with Crippen molar-refractivity contribution in [3.63, 3.8) is 0 Å². The summed E-state index contributed by atoms with van der Waals surface area (Å²) in [6.07, 6.45) is 0.880. The van der Waals surface area contributed by atoms with Crippen molar-refractivity contribution in [1.29, 1.82) is 0 Å². The highest BCUT2D eigenvalue weighted by Gasteiger charge is 2.47. The standard InChI is InChI=1S/C27H25NO5/c1-3-17-33-20-15-13-19(14-16-20)25(29)23-24(18-9-5-4-6-10-18)28(27(31)26(23)30)21-11-7-8-12-22(21)32-2/h4-16,24,29H,3,17H2,1-2H3/b25-23+. The van der Waals surface area contributed by atoms with E-state index in [1.54, 1.807) is 48.5 Å². The molecule has 3 aromatic rings. The van der Waals surface area contributed by atoms with E-state index in [4.69, 9.17) is 9.47 Å². The molecule has 0 spiro atoms. The normalized spacial score (nSPS) is 17.3. The third kappa shape index (κ3) is 4.20. The van der Waals surface area contributed by atoms with Gasteiger partial charge < -0.3 is 14.6 Å². The average Bonchev–Trinajstić information content (AvgIpc) is 3.13. The molecule has 1 N–H and O–H groups in total. The molecule has 0 bridgehead atoms. The van der Waals surface area contributed by atoms with Gasteiger partial charge in [-0.3, -0.25) is 14.5 Å². The molecule has 1 aliphatic heterocycles. The van der Waals surface area contributed by atoms with Crippen LogP contribution in [0.1, 0.15) is 30.5 Å². The largest absolute Gasteiger partial charge is 0.507 e. The Hall–Kier alpha value is -4.06. The second-order valence-electron chi connectivity index (χ2n) is 7.62. The maximum atomic E-state index is 13.2. The lowest BCUT2D eigenvalue weighted by Gasteiger charge is -2.26. The Balaban J connectivity index is 1.86. The molecule has 1 aliphatic rings. The summed E-state index contributed by atoms with van der Waals surface area (Å²) in [7, 11) is 1.51. The quantitative estimate of drug-likeness (QED) is 0.312. The molecule has 1 heterocycles. The number of benzene rings is 3. The number of carbonyl (C=O) groups excluding carboxylic acids is 2. The lowest BCUT2D eigenvalue weighted by molar-refractivity contribution is -0.132. The van der Waals surface area contributed by atoms with E-state index in [2.05, 4.69) is 0 Å². The van der Waals surface area contributed by atoms with Gasteiger partial charge in [-0.15, -0.1) is 0 Å². The van der Waals surface area contributed by atoms with Gasteiger partial charge in [-0.05, 0) is 48.4 Å². The fraction of sp³-hybridized carbons (Fsp3) is 0.185. The number of ether oxygens (including phenoxy) is 2. The monoisotopic (exact) mass is 443 g/mol. The minimum atomic E-state index is -0.807. The summed E-state index contributed by atoms with van der Waals surface area (Å²) >= 11 is 0.